The van der Waals surface area contributed by atoms with E-state index >= 15 is 0 Å². The van der Waals surface area contributed by atoms with E-state index in [-0.39, 0.29) is 0 Å². The first-order valence-electron chi connectivity index (χ1n) is 3.83. The molecular weight excluding hydrogens is 170 g/mol. The molecule has 1 aliphatic rings. The van der Waals surface area contributed by atoms with Crippen molar-refractivity contribution in [2.75, 3.05) is 0 Å². The largest absolute Gasteiger partial charge is 0.257 e. The summed E-state index contributed by atoms with van der Waals surface area (Å²) in [6.07, 6.45) is 6.55. The first kappa shape index (κ1) is 7.56. The number of hydrogen-bond donors (Lipinski definition) is 0. The minimum Gasteiger partial charge on any atom is -0.257 e. The molecule has 0 bridgehead atoms. The van der Waals surface area contributed by atoms with Crippen LogP contribution in [-0.2, 0) is 0 Å². The van der Waals surface area contributed by atoms with E-state index in [1.54, 1.807) is 6.20 Å². The summed E-state index contributed by atoms with van der Waals surface area (Å²) in [6, 6.07) is 5.89. The highest BCUT2D eigenvalue weighted by Gasteiger charge is 2.08. The van der Waals surface area contributed by atoms with Gasteiger partial charge in [0.2, 0.25) is 0 Å². The van der Waals surface area contributed by atoms with Crippen LogP contribution in [-0.4, -0.2) is 4.98 Å². The standard InChI is InChI=1S/C10H8ClN/c11-9-5-4-8(7-9)10-3-1-2-6-12-10/h1-6H,7H2. The monoisotopic (exact) mass is 177 g/mol. The highest BCUT2D eigenvalue weighted by Crippen LogP contribution is 2.28. The van der Waals surface area contributed by atoms with Crippen LogP contribution in [0.3, 0.4) is 0 Å². The number of allylic oxidation sites excluding steroid dienone is 4. The second-order valence-corrected chi connectivity index (χ2v) is 3.18. The molecule has 0 unspecified atom stereocenters. The summed E-state index contributed by atoms with van der Waals surface area (Å²) in [7, 11) is 0. The Balaban J connectivity index is 2.25. The lowest BCUT2D eigenvalue weighted by Crippen LogP contribution is -1.84. The molecule has 60 valence electrons. The molecule has 0 aromatic carbocycles. The molecule has 1 aromatic rings. The third kappa shape index (κ3) is 1.41. The number of rotatable bonds is 1. The second-order valence-electron chi connectivity index (χ2n) is 2.70. The van der Waals surface area contributed by atoms with Crippen molar-refractivity contribution in [1.29, 1.82) is 0 Å². The van der Waals surface area contributed by atoms with Crippen LogP contribution in [0.25, 0.3) is 5.57 Å². The summed E-state index contributed by atoms with van der Waals surface area (Å²) < 4.78 is 0. The van der Waals surface area contributed by atoms with Crippen molar-refractivity contribution in [1.82, 2.24) is 4.98 Å². The maximum Gasteiger partial charge on any atom is 0.0665 e. The van der Waals surface area contributed by atoms with Gasteiger partial charge in [0.05, 0.1) is 5.69 Å². The second kappa shape index (κ2) is 3.11. The normalized spacial score (nSPS) is 15.8. The van der Waals surface area contributed by atoms with Gasteiger partial charge in [-0.2, -0.15) is 0 Å². The Kier molecular flexibility index (Phi) is 1.96. The van der Waals surface area contributed by atoms with Crippen LogP contribution in [0.5, 0.6) is 0 Å². The molecule has 0 aliphatic heterocycles. The zero-order valence-corrected chi connectivity index (χ0v) is 7.25. The fourth-order valence-electron chi connectivity index (χ4n) is 1.22. The Morgan fingerprint density at radius 3 is 2.75 bits per heavy atom. The summed E-state index contributed by atoms with van der Waals surface area (Å²) in [5.41, 5.74) is 2.21. The Morgan fingerprint density at radius 2 is 2.17 bits per heavy atom. The fourth-order valence-corrected chi connectivity index (χ4v) is 1.43. The van der Waals surface area contributed by atoms with E-state index in [2.05, 4.69) is 4.98 Å². The van der Waals surface area contributed by atoms with Gasteiger partial charge in [-0.25, -0.2) is 0 Å². The van der Waals surface area contributed by atoms with Gasteiger partial charge in [-0.1, -0.05) is 23.7 Å². The van der Waals surface area contributed by atoms with Crippen molar-refractivity contribution in [3.63, 3.8) is 0 Å². The molecule has 0 fully saturated rings. The molecule has 0 radical (unpaired) electrons. The summed E-state index contributed by atoms with van der Waals surface area (Å²) in [5, 5.41) is 0.885. The third-order valence-electron chi connectivity index (χ3n) is 1.82. The molecule has 0 amide bonds. The quantitative estimate of drug-likeness (QED) is 0.643. The highest BCUT2D eigenvalue weighted by molar-refractivity contribution is 6.30. The van der Waals surface area contributed by atoms with Gasteiger partial charge < -0.3 is 0 Å². The molecular formula is C10H8ClN. The van der Waals surface area contributed by atoms with Crippen LogP contribution < -0.4 is 0 Å². The maximum absolute atomic E-state index is 5.84. The zero-order valence-electron chi connectivity index (χ0n) is 6.50. The van der Waals surface area contributed by atoms with Crippen LogP contribution in [0.2, 0.25) is 0 Å². The first-order valence-corrected chi connectivity index (χ1v) is 4.21. The molecule has 1 nitrogen and oxygen atoms in total. The summed E-state index contributed by atoms with van der Waals surface area (Å²) in [6.45, 7) is 0. The van der Waals surface area contributed by atoms with Gasteiger partial charge >= 0.3 is 0 Å². The number of hydrogen-bond acceptors (Lipinski definition) is 1. The lowest BCUT2D eigenvalue weighted by Gasteiger charge is -1.99. The lowest BCUT2D eigenvalue weighted by atomic mass is 10.1. The number of aromatic nitrogens is 1. The van der Waals surface area contributed by atoms with Gasteiger partial charge in [0.1, 0.15) is 0 Å². The predicted molar refractivity (Wildman–Crippen MR) is 50.8 cm³/mol. The van der Waals surface area contributed by atoms with Crippen LogP contribution in [0.4, 0.5) is 0 Å². The van der Waals surface area contributed by atoms with Gasteiger partial charge in [0.25, 0.3) is 0 Å². The van der Waals surface area contributed by atoms with Crippen LogP contribution in [0.1, 0.15) is 12.1 Å². The molecule has 0 saturated carbocycles. The Bertz CT molecular complexity index is 338. The van der Waals surface area contributed by atoms with E-state index in [4.69, 9.17) is 11.6 Å². The van der Waals surface area contributed by atoms with Crippen molar-refractivity contribution in [2.24, 2.45) is 0 Å². The SMILES string of the molecule is ClC1=CC=C(c2ccccn2)C1. The maximum atomic E-state index is 5.84. The average Bonchev–Trinajstić information content (AvgIpc) is 2.54. The van der Waals surface area contributed by atoms with E-state index in [1.807, 2.05) is 30.4 Å². The van der Waals surface area contributed by atoms with E-state index in [0.29, 0.717) is 0 Å². The predicted octanol–water partition coefficient (Wildman–Crippen LogP) is 2.99. The smallest absolute Gasteiger partial charge is 0.0665 e. The third-order valence-corrected chi connectivity index (χ3v) is 2.08. The molecule has 1 heterocycles. The van der Waals surface area contributed by atoms with Gasteiger partial charge in [-0.3, -0.25) is 4.98 Å². The molecule has 1 aliphatic carbocycles. The van der Waals surface area contributed by atoms with Crippen molar-refractivity contribution in [3.8, 4) is 0 Å². The van der Waals surface area contributed by atoms with Crippen LogP contribution >= 0.6 is 11.6 Å². The minimum absolute atomic E-state index is 0.818. The molecule has 2 rings (SSSR count). The van der Waals surface area contributed by atoms with Crippen LogP contribution in [0, 0.1) is 0 Å². The number of pyridine rings is 1. The summed E-state index contributed by atoms with van der Waals surface area (Å²) >= 11 is 5.84. The topological polar surface area (TPSA) is 12.9 Å². The molecule has 0 N–H and O–H groups in total. The molecule has 0 atom stereocenters. The van der Waals surface area contributed by atoms with Crippen LogP contribution in [0.15, 0.2) is 41.6 Å². The molecule has 1 aromatic heterocycles. The van der Waals surface area contributed by atoms with E-state index < -0.39 is 0 Å². The molecule has 12 heavy (non-hydrogen) atoms. The van der Waals surface area contributed by atoms with Crippen molar-refractivity contribution in [3.05, 3.63) is 47.3 Å². The van der Waals surface area contributed by atoms with Gasteiger partial charge in [0, 0.05) is 17.6 Å². The lowest BCUT2D eigenvalue weighted by molar-refractivity contribution is 1.24. The van der Waals surface area contributed by atoms with Crippen molar-refractivity contribution >= 4 is 17.2 Å². The molecule has 0 saturated heterocycles. The minimum atomic E-state index is 0.818. The summed E-state index contributed by atoms with van der Waals surface area (Å²) in [4.78, 5) is 4.23. The summed E-state index contributed by atoms with van der Waals surface area (Å²) in [5.74, 6) is 0. The Morgan fingerprint density at radius 1 is 1.25 bits per heavy atom. The van der Waals surface area contributed by atoms with E-state index in [1.165, 1.54) is 5.57 Å². The fraction of sp³-hybridized carbons (Fsp3) is 0.100. The molecule has 0 spiro atoms. The molecule has 2 heteroatoms. The first-order chi connectivity index (χ1) is 5.86. The zero-order chi connectivity index (χ0) is 8.39. The van der Waals surface area contributed by atoms with E-state index in [0.717, 1.165) is 17.1 Å². The van der Waals surface area contributed by atoms with Crippen molar-refractivity contribution < 1.29 is 0 Å². The number of nitrogens with zero attached hydrogens (tertiary/aromatic N) is 1. The Hall–Kier alpha value is -1.08. The Labute approximate surface area is 76.4 Å². The van der Waals surface area contributed by atoms with E-state index in [9.17, 15) is 0 Å². The van der Waals surface area contributed by atoms with Crippen molar-refractivity contribution in [2.45, 2.75) is 6.42 Å². The number of halogens is 1. The highest BCUT2D eigenvalue weighted by atomic mass is 35.5. The average molecular weight is 178 g/mol. The van der Waals surface area contributed by atoms with Gasteiger partial charge in [0.15, 0.2) is 0 Å². The van der Waals surface area contributed by atoms with Gasteiger partial charge in [-0.15, -0.1) is 0 Å². The van der Waals surface area contributed by atoms with Gasteiger partial charge in [-0.05, 0) is 23.8 Å².